The number of ketones is 1. The second kappa shape index (κ2) is 3.57. The second-order valence-electron chi connectivity index (χ2n) is 4.32. The summed E-state index contributed by atoms with van der Waals surface area (Å²) in [7, 11) is 0. The van der Waals surface area contributed by atoms with Crippen LogP contribution in [0.2, 0.25) is 0 Å². The first-order valence-corrected chi connectivity index (χ1v) is 4.47. The van der Waals surface area contributed by atoms with Gasteiger partial charge < -0.3 is 9.84 Å². The van der Waals surface area contributed by atoms with Gasteiger partial charge in [0.25, 0.3) is 0 Å². The third-order valence-electron chi connectivity index (χ3n) is 2.13. The molecular weight excluding hydrogens is 186 g/mol. The van der Waals surface area contributed by atoms with Gasteiger partial charge in [0.2, 0.25) is 0 Å². The third kappa shape index (κ3) is 2.04. The zero-order valence-corrected chi connectivity index (χ0v) is 8.61. The molecule has 0 aromatic rings. The highest BCUT2D eigenvalue weighted by molar-refractivity contribution is 5.89. The molecule has 1 rings (SSSR count). The summed E-state index contributed by atoms with van der Waals surface area (Å²) in [5.74, 6) is -0.165. The molecule has 1 aliphatic heterocycles. The maximum atomic E-state index is 11.3. The standard InChI is InChI=1S/C9H15NO4/c1-9(2,3)10(8(12)13)6-4-14-5-7(6)11/h6H,4-5H2,1-3H3,(H,12,13)/t6-/m1/s1. The van der Waals surface area contributed by atoms with E-state index in [1.165, 1.54) is 0 Å². The van der Waals surface area contributed by atoms with Crippen LogP contribution < -0.4 is 0 Å². The molecule has 1 heterocycles. The van der Waals surface area contributed by atoms with Gasteiger partial charge in [-0.15, -0.1) is 0 Å². The zero-order chi connectivity index (χ0) is 10.9. The SMILES string of the molecule is CC(C)(C)N(C(=O)O)[C@@H]1COCC1=O. The van der Waals surface area contributed by atoms with Crippen LogP contribution >= 0.6 is 0 Å². The smallest absolute Gasteiger partial charge is 0.408 e. The van der Waals surface area contributed by atoms with Gasteiger partial charge in [-0.05, 0) is 20.8 Å². The molecule has 1 atom stereocenters. The van der Waals surface area contributed by atoms with Crippen molar-refractivity contribution in [3.05, 3.63) is 0 Å². The third-order valence-corrected chi connectivity index (χ3v) is 2.13. The summed E-state index contributed by atoms with van der Waals surface area (Å²) in [6.07, 6.45) is -1.08. The quantitative estimate of drug-likeness (QED) is 0.679. The van der Waals surface area contributed by atoms with E-state index in [9.17, 15) is 9.59 Å². The largest absolute Gasteiger partial charge is 0.465 e. The van der Waals surface area contributed by atoms with Gasteiger partial charge in [-0.1, -0.05) is 0 Å². The van der Waals surface area contributed by atoms with Gasteiger partial charge in [0.05, 0.1) is 6.61 Å². The number of hydrogen-bond acceptors (Lipinski definition) is 3. The fourth-order valence-electron chi connectivity index (χ4n) is 1.57. The van der Waals surface area contributed by atoms with E-state index in [4.69, 9.17) is 9.84 Å². The van der Waals surface area contributed by atoms with Gasteiger partial charge in [-0.3, -0.25) is 9.69 Å². The Labute approximate surface area is 82.6 Å². The van der Waals surface area contributed by atoms with Gasteiger partial charge in [-0.2, -0.15) is 0 Å². The average Bonchev–Trinajstić information content (AvgIpc) is 2.32. The van der Waals surface area contributed by atoms with Crippen LogP contribution in [-0.2, 0) is 9.53 Å². The predicted octanol–water partition coefficient (Wildman–Crippen LogP) is 0.733. The molecule has 1 fully saturated rings. The Bertz CT molecular complexity index is 256. The molecule has 14 heavy (non-hydrogen) atoms. The van der Waals surface area contributed by atoms with Crippen molar-refractivity contribution >= 4 is 11.9 Å². The molecule has 0 aromatic carbocycles. The number of rotatable bonds is 1. The molecule has 0 aliphatic carbocycles. The monoisotopic (exact) mass is 201 g/mol. The maximum Gasteiger partial charge on any atom is 0.408 e. The lowest BCUT2D eigenvalue weighted by molar-refractivity contribution is -0.122. The fraction of sp³-hybridized carbons (Fsp3) is 0.778. The number of carbonyl (C=O) groups is 2. The Hall–Kier alpha value is -1.10. The van der Waals surface area contributed by atoms with Crippen molar-refractivity contribution in [1.82, 2.24) is 4.90 Å². The Morgan fingerprint density at radius 2 is 2.14 bits per heavy atom. The Morgan fingerprint density at radius 1 is 1.57 bits per heavy atom. The topological polar surface area (TPSA) is 66.8 Å². The van der Waals surface area contributed by atoms with Crippen LogP contribution in [0.15, 0.2) is 0 Å². The molecule has 1 N–H and O–H groups in total. The van der Waals surface area contributed by atoms with Crippen molar-refractivity contribution in [2.45, 2.75) is 32.4 Å². The normalized spacial score (nSPS) is 22.5. The van der Waals surface area contributed by atoms with Crippen molar-refractivity contribution in [3.63, 3.8) is 0 Å². The molecule has 0 aromatic heterocycles. The lowest BCUT2D eigenvalue weighted by Crippen LogP contribution is -2.54. The molecule has 1 saturated heterocycles. The van der Waals surface area contributed by atoms with Crippen molar-refractivity contribution in [2.24, 2.45) is 0 Å². The molecule has 5 heteroatoms. The molecule has 1 aliphatic rings. The Kier molecular flexibility index (Phi) is 2.80. The number of ether oxygens (including phenoxy) is 1. The summed E-state index contributed by atoms with van der Waals surface area (Å²) < 4.78 is 4.94. The lowest BCUT2D eigenvalue weighted by Gasteiger charge is -2.36. The van der Waals surface area contributed by atoms with E-state index in [0.29, 0.717) is 0 Å². The van der Waals surface area contributed by atoms with Crippen LogP contribution in [0.25, 0.3) is 0 Å². The highest BCUT2D eigenvalue weighted by Crippen LogP contribution is 2.20. The van der Waals surface area contributed by atoms with E-state index in [2.05, 4.69) is 0 Å². The average molecular weight is 201 g/mol. The molecule has 0 radical (unpaired) electrons. The minimum absolute atomic E-state index is 0.0184. The van der Waals surface area contributed by atoms with E-state index in [-0.39, 0.29) is 19.0 Å². The van der Waals surface area contributed by atoms with Crippen LogP contribution in [0.5, 0.6) is 0 Å². The van der Waals surface area contributed by atoms with E-state index in [0.717, 1.165) is 4.90 Å². The fourth-order valence-corrected chi connectivity index (χ4v) is 1.57. The van der Waals surface area contributed by atoms with E-state index in [1.807, 2.05) is 0 Å². The first-order valence-electron chi connectivity index (χ1n) is 4.47. The van der Waals surface area contributed by atoms with Crippen LogP contribution in [0, 0.1) is 0 Å². The minimum atomic E-state index is -1.08. The van der Waals surface area contributed by atoms with E-state index < -0.39 is 17.7 Å². The van der Waals surface area contributed by atoms with Crippen LogP contribution in [-0.4, -0.2) is 46.7 Å². The summed E-state index contributed by atoms with van der Waals surface area (Å²) in [5.41, 5.74) is -0.583. The van der Waals surface area contributed by atoms with Crippen molar-refractivity contribution in [1.29, 1.82) is 0 Å². The van der Waals surface area contributed by atoms with Crippen LogP contribution in [0.4, 0.5) is 4.79 Å². The highest BCUT2D eigenvalue weighted by Gasteiger charge is 2.40. The molecule has 1 amide bonds. The Balaban J connectivity index is 2.88. The molecule has 0 unspecified atom stereocenters. The summed E-state index contributed by atoms with van der Waals surface area (Å²) in [6, 6.07) is -0.646. The summed E-state index contributed by atoms with van der Waals surface area (Å²) in [5, 5.41) is 9.01. The Morgan fingerprint density at radius 3 is 2.43 bits per heavy atom. The van der Waals surface area contributed by atoms with Crippen molar-refractivity contribution in [3.8, 4) is 0 Å². The van der Waals surface area contributed by atoms with Crippen molar-refractivity contribution in [2.75, 3.05) is 13.2 Å². The number of carbonyl (C=O) groups excluding carboxylic acids is 1. The molecule has 0 bridgehead atoms. The number of amides is 1. The van der Waals surface area contributed by atoms with Crippen molar-refractivity contribution < 1.29 is 19.4 Å². The number of Topliss-reactive ketones (excluding diaryl/α,β-unsaturated/α-hetero) is 1. The molecule has 0 saturated carbocycles. The second-order valence-corrected chi connectivity index (χ2v) is 4.32. The van der Waals surface area contributed by atoms with E-state index >= 15 is 0 Å². The van der Waals surface area contributed by atoms with Gasteiger partial charge in [0.15, 0.2) is 5.78 Å². The molecule has 80 valence electrons. The first kappa shape index (κ1) is 11.0. The van der Waals surface area contributed by atoms with Gasteiger partial charge >= 0.3 is 6.09 Å². The molecular formula is C9H15NO4. The van der Waals surface area contributed by atoms with Gasteiger partial charge in [0.1, 0.15) is 12.6 Å². The number of nitrogens with zero attached hydrogens (tertiary/aromatic N) is 1. The predicted molar refractivity (Wildman–Crippen MR) is 49.2 cm³/mol. The highest BCUT2D eigenvalue weighted by atomic mass is 16.5. The van der Waals surface area contributed by atoms with Crippen LogP contribution in [0.1, 0.15) is 20.8 Å². The summed E-state index contributed by atoms with van der Waals surface area (Å²) in [4.78, 5) is 23.5. The minimum Gasteiger partial charge on any atom is -0.465 e. The van der Waals surface area contributed by atoms with Gasteiger partial charge in [0, 0.05) is 5.54 Å². The van der Waals surface area contributed by atoms with Crippen LogP contribution in [0.3, 0.4) is 0 Å². The maximum absolute atomic E-state index is 11.3. The number of carboxylic acid groups (broad SMARTS) is 1. The molecule has 5 nitrogen and oxygen atoms in total. The zero-order valence-electron chi connectivity index (χ0n) is 8.61. The summed E-state index contributed by atoms with van der Waals surface area (Å²) >= 11 is 0. The first-order chi connectivity index (χ1) is 6.34. The summed E-state index contributed by atoms with van der Waals surface area (Å²) in [6.45, 7) is 5.46. The van der Waals surface area contributed by atoms with E-state index in [1.54, 1.807) is 20.8 Å². The number of hydrogen-bond donors (Lipinski definition) is 1. The molecule has 0 spiro atoms. The van der Waals surface area contributed by atoms with Gasteiger partial charge in [-0.25, -0.2) is 4.79 Å². The lowest BCUT2D eigenvalue weighted by atomic mass is 10.0.